The molecule has 0 aliphatic carbocycles. The van der Waals surface area contributed by atoms with Crippen LogP contribution in [0.15, 0.2) is 59.3 Å². The Morgan fingerprint density at radius 2 is 2.00 bits per heavy atom. The number of carbonyl (C=O) groups is 1. The van der Waals surface area contributed by atoms with Crippen molar-refractivity contribution in [1.29, 1.82) is 0 Å². The van der Waals surface area contributed by atoms with Crippen molar-refractivity contribution < 1.29 is 14.1 Å². The Morgan fingerprint density at radius 3 is 2.67 bits per heavy atom. The normalized spacial score (nSPS) is 15.1. The zero-order valence-corrected chi connectivity index (χ0v) is 17.1. The summed E-state index contributed by atoms with van der Waals surface area (Å²) in [5.41, 5.74) is 2.48. The van der Waals surface area contributed by atoms with Crippen LogP contribution in [-0.4, -0.2) is 40.1 Å². The number of amides is 1. The molecular formula is C23H26N4O3. The van der Waals surface area contributed by atoms with Crippen LogP contribution in [0.3, 0.4) is 0 Å². The molecule has 1 fully saturated rings. The second kappa shape index (κ2) is 9.54. The number of likely N-dealkylation sites (tertiary alicyclic amines) is 1. The van der Waals surface area contributed by atoms with Gasteiger partial charge < -0.3 is 14.6 Å². The van der Waals surface area contributed by atoms with Crippen LogP contribution in [0, 0.1) is 6.92 Å². The molecule has 156 valence electrons. The maximum absolute atomic E-state index is 12.3. The molecule has 1 N–H and O–H groups in total. The van der Waals surface area contributed by atoms with Crippen LogP contribution in [0.1, 0.15) is 40.3 Å². The second-order valence-electron chi connectivity index (χ2n) is 7.56. The summed E-state index contributed by atoms with van der Waals surface area (Å²) >= 11 is 0. The van der Waals surface area contributed by atoms with Crippen molar-refractivity contribution in [2.45, 2.75) is 39.0 Å². The molecule has 0 atom stereocenters. The summed E-state index contributed by atoms with van der Waals surface area (Å²) in [5, 5.41) is 6.64. The van der Waals surface area contributed by atoms with E-state index in [1.807, 2.05) is 37.4 Å². The topological polar surface area (TPSA) is 80.5 Å². The highest BCUT2D eigenvalue weighted by Crippen LogP contribution is 2.20. The van der Waals surface area contributed by atoms with E-state index in [1.165, 1.54) is 0 Å². The van der Waals surface area contributed by atoms with E-state index in [9.17, 15) is 4.79 Å². The summed E-state index contributed by atoms with van der Waals surface area (Å²) in [4.78, 5) is 19.1. The third-order valence-electron chi connectivity index (χ3n) is 5.17. The Kier molecular flexibility index (Phi) is 6.39. The molecule has 3 aromatic rings. The van der Waals surface area contributed by atoms with Gasteiger partial charge in [0, 0.05) is 37.5 Å². The van der Waals surface area contributed by atoms with Crippen LogP contribution in [0.2, 0.25) is 0 Å². The van der Waals surface area contributed by atoms with Crippen LogP contribution in [0.5, 0.6) is 5.75 Å². The van der Waals surface area contributed by atoms with E-state index in [1.54, 1.807) is 18.2 Å². The summed E-state index contributed by atoms with van der Waals surface area (Å²) in [6.07, 6.45) is 3.99. The van der Waals surface area contributed by atoms with Gasteiger partial charge in [-0.15, -0.1) is 0 Å². The van der Waals surface area contributed by atoms with Gasteiger partial charge in [-0.25, -0.2) is 0 Å². The van der Waals surface area contributed by atoms with Gasteiger partial charge in [-0.3, -0.25) is 14.7 Å². The summed E-state index contributed by atoms with van der Waals surface area (Å²) in [6, 6.07) is 15.1. The van der Waals surface area contributed by atoms with E-state index < -0.39 is 0 Å². The summed E-state index contributed by atoms with van der Waals surface area (Å²) in [5.74, 6) is 1.27. The largest absolute Gasteiger partial charge is 0.490 e. The molecular weight excluding hydrogens is 380 g/mol. The number of rotatable bonds is 7. The van der Waals surface area contributed by atoms with Gasteiger partial charge in [-0.1, -0.05) is 11.2 Å². The number of ether oxygens (including phenoxy) is 1. The summed E-state index contributed by atoms with van der Waals surface area (Å²) in [6.45, 7) is 5.02. The minimum Gasteiger partial charge on any atom is -0.490 e. The van der Waals surface area contributed by atoms with Crippen molar-refractivity contribution in [1.82, 2.24) is 20.4 Å². The molecule has 1 amide bonds. The molecule has 1 aliphatic heterocycles. The highest BCUT2D eigenvalue weighted by atomic mass is 16.5. The van der Waals surface area contributed by atoms with Gasteiger partial charge in [0.1, 0.15) is 11.9 Å². The Balaban J connectivity index is 1.22. The first kappa shape index (κ1) is 20.1. The minimum absolute atomic E-state index is 0.154. The number of nitrogens with one attached hydrogen (secondary N) is 1. The SMILES string of the molecule is Cc1cc(CNC(=O)c2ccc(OC3CCN(Cc4ccccn4)CC3)cc2)on1. The second-order valence-corrected chi connectivity index (χ2v) is 7.56. The number of nitrogens with zero attached hydrogens (tertiary/aromatic N) is 3. The number of aryl methyl sites for hydroxylation is 1. The van der Waals surface area contributed by atoms with Crippen LogP contribution < -0.4 is 10.1 Å². The molecule has 1 aromatic carbocycles. The van der Waals surface area contributed by atoms with Crippen molar-refractivity contribution in [3.05, 3.63) is 77.4 Å². The molecule has 1 aliphatic rings. The number of piperidine rings is 1. The van der Waals surface area contributed by atoms with Gasteiger partial charge in [0.25, 0.3) is 5.91 Å². The first-order valence-electron chi connectivity index (χ1n) is 10.2. The van der Waals surface area contributed by atoms with E-state index in [4.69, 9.17) is 9.26 Å². The predicted octanol–water partition coefficient (Wildman–Crippen LogP) is 3.35. The van der Waals surface area contributed by atoms with Crippen LogP contribution in [-0.2, 0) is 13.1 Å². The van der Waals surface area contributed by atoms with E-state index >= 15 is 0 Å². The lowest BCUT2D eigenvalue weighted by Crippen LogP contribution is -2.37. The van der Waals surface area contributed by atoms with Crippen LogP contribution >= 0.6 is 0 Å². The summed E-state index contributed by atoms with van der Waals surface area (Å²) < 4.78 is 11.2. The third-order valence-corrected chi connectivity index (χ3v) is 5.17. The smallest absolute Gasteiger partial charge is 0.251 e. The first-order valence-corrected chi connectivity index (χ1v) is 10.2. The molecule has 30 heavy (non-hydrogen) atoms. The fourth-order valence-electron chi connectivity index (χ4n) is 3.55. The Hall–Kier alpha value is -3.19. The van der Waals surface area contributed by atoms with E-state index in [-0.39, 0.29) is 12.0 Å². The highest BCUT2D eigenvalue weighted by molar-refractivity contribution is 5.94. The molecule has 7 nitrogen and oxygen atoms in total. The van der Waals surface area contributed by atoms with E-state index in [2.05, 4.69) is 26.4 Å². The molecule has 0 bridgehead atoms. The Labute approximate surface area is 176 Å². The summed E-state index contributed by atoms with van der Waals surface area (Å²) in [7, 11) is 0. The number of carbonyl (C=O) groups excluding carboxylic acids is 1. The molecule has 4 rings (SSSR count). The number of hydrogen-bond acceptors (Lipinski definition) is 6. The lowest BCUT2D eigenvalue weighted by atomic mass is 10.1. The Bertz CT molecular complexity index is 948. The van der Waals surface area contributed by atoms with Crippen molar-refractivity contribution in [3.8, 4) is 5.75 Å². The molecule has 1 saturated heterocycles. The molecule has 3 heterocycles. The first-order chi connectivity index (χ1) is 14.7. The van der Waals surface area contributed by atoms with E-state index in [0.29, 0.717) is 17.9 Å². The van der Waals surface area contributed by atoms with Gasteiger partial charge in [-0.05, 0) is 56.2 Å². The number of aromatic nitrogens is 2. The number of hydrogen-bond donors (Lipinski definition) is 1. The molecule has 0 unspecified atom stereocenters. The lowest BCUT2D eigenvalue weighted by molar-refractivity contribution is 0.0944. The third kappa shape index (κ3) is 5.45. The standard InChI is InChI=1S/C23H26N4O3/c1-17-14-22(30-26-17)15-25-23(28)18-5-7-20(8-6-18)29-21-9-12-27(13-10-21)16-19-4-2-3-11-24-19/h2-8,11,14,21H,9-10,12-13,15-16H2,1H3,(H,25,28). The molecule has 7 heteroatoms. The molecule has 0 spiro atoms. The van der Waals surface area contributed by atoms with E-state index in [0.717, 1.165) is 49.6 Å². The highest BCUT2D eigenvalue weighted by Gasteiger charge is 2.21. The van der Waals surface area contributed by atoms with Gasteiger partial charge >= 0.3 is 0 Å². The zero-order valence-electron chi connectivity index (χ0n) is 17.1. The lowest BCUT2D eigenvalue weighted by Gasteiger charge is -2.31. The van der Waals surface area contributed by atoms with Gasteiger partial charge in [0.05, 0.1) is 17.9 Å². The zero-order chi connectivity index (χ0) is 20.8. The van der Waals surface area contributed by atoms with Gasteiger partial charge in [0.15, 0.2) is 5.76 Å². The van der Waals surface area contributed by atoms with Crippen molar-refractivity contribution in [3.63, 3.8) is 0 Å². The fraction of sp³-hybridized carbons (Fsp3) is 0.348. The average Bonchev–Trinajstić information content (AvgIpc) is 3.20. The van der Waals surface area contributed by atoms with Crippen LogP contribution in [0.25, 0.3) is 0 Å². The minimum atomic E-state index is -0.154. The van der Waals surface area contributed by atoms with Crippen LogP contribution in [0.4, 0.5) is 0 Å². The number of pyridine rings is 1. The maximum atomic E-state index is 12.3. The average molecular weight is 406 g/mol. The monoisotopic (exact) mass is 406 g/mol. The van der Waals surface area contributed by atoms with Crippen molar-refractivity contribution in [2.24, 2.45) is 0 Å². The van der Waals surface area contributed by atoms with Gasteiger partial charge in [-0.2, -0.15) is 0 Å². The van der Waals surface area contributed by atoms with Crippen molar-refractivity contribution >= 4 is 5.91 Å². The Morgan fingerprint density at radius 1 is 1.20 bits per heavy atom. The maximum Gasteiger partial charge on any atom is 0.251 e. The van der Waals surface area contributed by atoms with Gasteiger partial charge in [0.2, 0.25) is 0 Å². The molecule has 2 aromatic heterocycles. The quantitative estimate of drug-likeness (QED) is 0.648. The van der Waals surface area contributed by atoms with Crippen molar-refractivity contribution in [2.75, 3.05) is 13.1 Å². The predicted molar refractivity (Wildman–Crippen MR) is 112 cm³/mol. The molecule has 0 saturated carbocycles. The molecule has 0 radical (unpaired) electrons. The fourth-order valence-corrected chi connectivity index (χ4v) is 3.55. The number of benzene rings is 1.